The van der Waals surface area contributed by atoms with Crippen molar-refractivity contribution in [3.8, 4) is 22.5 Å². The van der Waals surface area contributed by atoms with Crippen LogP contribution in [0.2, 0.25) is 0 Å². The minimum atomic E-state index is -1.01. The number of aromatic amines is 1. The van der Waals surface area contributed by atoms with Crippen molar-refractivity contribution in [2.75, 3.05) is 13.7 Å². The fourth-order valence-electron chi connectivity index (χ4n) is 5.44. The zero-order valence-electron chi connectivity index (χ0n) is 22.2. The molecule has 3 heterocycles. The summed E-state index contributed by atoms with van der Waals surface area (Å²) in [6.45, 7) is 2.41. The third kappa shape index (κ3) is 5.40. The molecule has 0 saturated carbocycles. The first-order valence-corrected chi connectivity index (χ1v) is 13.4. The number of carbonyl (C=O) groups is 2. The summed E-state index contributed by atoms with van der Waals surface area (Å²) in [5, 5.41) is 24.3. The van der Waals surface area contributed by atoms with E-state index >= 15 is 0 Å². The minimum Gasteiger partial charge on any atom is -0.480 e. The van der Waals surface area contributed by atoms with Crippen molar-refractivity contribution in [3.05, 3.63) is 48.8 Å². The summed E-state index contributed by atoms with van der Waals surface area (Å²) in [6.07, 6.45) is 6.33. The van der Waals surface area contributed by atoms with Crippen LogP contribution in [0.4, 0.5) is 0 Å². The van der Waals surface area contributed by atoms with E-state index in [0.29, 0.717) is 12.2 Å². The van der Waals surface area contributed by atoms with Crippen molar-refractivity contribution in [3.63, 3.8) is 0 Å². The van der Waals surface area contributed by atoms with Gasteiger partial charge in [-0.1, -0.05) is 62.9 Å². The number of carboxylic acid groups (broad SMARTS) is 1. The van der Waals surface area contributed by atoms with E-state index in [9.17, 15) is 14.7 Å². The standard InChI is InChI=1S/C28H33N7O4/c1-3-4-5-6-11-24(27(36)34-16-19(39-2)15-25(34)28(37)38)35-17-29-22-14-18(12-13-23(22)35)20-9-7-8-10-21(20)26-30-32-33-31-26/h7-10,12-14,17,19,24-25H,3-6,11,15-16H2,1-2H3,(H,37,38)(H,30,31,32,33)/t19?,24?,25-/m0/s1. The Bertz CT molecular complexity index is 1430. The van der Waals surface area contributed by atoms with E-state index in [-0.39, 0.29) is 25.0 Å². The number of aromatic nitrogens is 6. The molecule has 5 rings (SSSR count). The number of H-pyrrole nitrogens is 1. The Morgan fingerprint density at radius 3 is 2.69 bits per heavy atom. The molecule has 204 valence electrons. The average Bonchev–Trinajstić information content (AvgIpc) is 3.72. The molecule has 2 aromatic heterocycles. The lowest BCUT2D eigenvalue weighted by Gasteiger charge is -2.28. The number of hydrogen-bond donors (Lipinski definition) is 2. The molecule has 1 amide bonds. The number of likely N-dealkylation sites (tertiary alicyclic amines) is 1. The summed E-state index contributed by atoms with van der Waals surface area (Å²) in [6, 6.07) is 12.3. The van der Waals surface area contributed by atoms with Crippen molar-refractivity contribution in [1.29, 1.82) is 0 Å². The molecule has 11 nitrogen and oxygen atoms in total. The van der Waals surface area contributed by atoms with E-state index in [1.165, 1.54) is 4.90 Å². The molecule has 39 heavy (non-hydrogen) atoms. The third-order valence-corrected chi connectivity index (χ3v) is 7.52. The lowest BCUT2D eigenvalue weighted by atomic mass is 9.98. The summed E-state index contributed by atoms with van der Waals surface area (Å²) < 4.78 is 7.33. The molecule has 1 aliphatic heterocycles. The SMILES string of the molecule is CCCCCCC(C(=O)N1CC(OC)C[C@H]1C(=O)O)n1cnc2cc(-c3ccccc3-c3nn[nH]n3)ccc21. The molecular weight excluding hydrogens is 498 g/mol. The smallest absolute Gasteiger partial charge is 0.326 e. The predicted molar refractivity (Wildman–Crippen MR) is 145 cm³/mol. The number of aliphatic carboxylic acids is 1. The van der Waals surface area contributed by atoms with Gasteiger partial charge in [0.2, 0.25) is 11.7 Å². The van der Waals surface area contributed by atoms with Gasteiger partial charge in [-0.15, -0.1) is 10.2 Å². The van der Waals surface area contributed by atoms with Gasteiger partial charge in [0, 0.05) is 25.6 Å². The molecule has 11 heteroatoms. The Labute approximate surface area is 226 Å². The molecule has 1 aliphatic rings. The molecule has 2 unspecified atom stereocenters. The Balaban J connectivity index is 1.49. The van der Waals surface area contributed by atoms with Gasteiger partial charge in [0.25, 0.3) is 0 Å². The van der Waals surface area contributed by atoms with Gasteiger partial charge in [0.1, 0.15) is 12.1 Å². The number of carbonyl (C=O) groups excluding carboxylic acids is 1. The van der Waals surface area contributed by atoms with Gasteiger partial charge in [-0.05, 0) is 34.9 Å². The van der Waals surface area contributed by atoms with Crippen molar-refractivity contribution in [2.24, 2.45) is 0 Å². The van der Waals surface area contributed by atoms with Crippen LogP contribution in [0.5, 0.6) is 0 Å². The van der Waals surface area contributed by atoms with Crippen LogP contribution in [0.3, 0.4) is 0 Å². The monoisotopic (exact) mass is 531 g/mol. The second kappa shape index (κ2) is 11.7. The number of unbranched alkanes of at least 4 members (excludes halogenated alkanes) is 3. The average molecular weight is 532 g/mol. The van der Waals surface area contributed by atoms with E-state index < -0.39 is 18.1 Å². The second-order valence-corrected chi connectivity index (χ2v) is 9.94. The van der Waals surface area contributed by atoms with Gasteiger partial charge < -0.3 is 19.3 Å². The van der Waals surface area contributed by atoms with Crippen molar-refractivity contribution < 1.29 is 19.4 Å². The molecule has 0 spiro atoms. The highest BCUT2D eigenvalue weighted by molar-refractivity contribution is 5.90. The van der Waals surface area contributed by atoms with E-state index in [2.05, 4.69) is 32.5 Å². The Kier molecular flexibility index (Phi) is 7.97. The van der Waals surface area contributed by atoms with Gasteiger partial charge in [-0.2, -0.15) is 5.21 Å². The first-order valence-electron chi connectivity index (χ1n) is 13.4. The van der Waals surface area contributed by atoms with Crippen LogP contribution >= 0.6 is 0 Å². The maximum Gasteiger partial charge on any atom is 0.326 e. The van der Waals surface area contributed by atoms with Crippen LogP contribution in [-0.4, -0.2) is 77.9 Å². The maximum absolute atomic E-state index is 13.9. The first kappa shape index (κ1) is 26.5. The predicted octanol–water partition coefficient (Wildman–Crippen LogP) is 4.10. The van der Waals surface area contributed by atoms with E-state index in [4.69, 9.17) is 4.74 Å². The van der Waals surface area contributed by atoms with Crippen LogP contribution in [0.15, 0.2) is 48.8 Å². The molecular formula is C28H33N7O4. The molecule has 1 fully saturated rings. The van der Waals surface area contributed by atoms with E-state index in [1.54, 1.807) is 13.4 Å². The number of fused-ring (bicyclic) bond motifs is 1. The molecule has 0 aliphatic carbocycles. The molecule has 4 aromatic rings. The van der Waals surface area contributed by atoms with Crippen molar-refractivity contribution in [2.45, 2.75) is 63.6 Å². The lowest BCUT2D eigenvalue weighted by Crippen LogP contribution is -2.44. The number of tetrazole rings is 1. The van der Waals surface area contributed by atoms with Crippen LogP contribution < -0.4 is 0 Å². The largest absolute Gasteiger partial charge is 0.480 e. The fourth-order valence-corrected chi connectivity index (χ4v) is 5.44. The molecule has 3 atom stereocenters. The molecule has 2 N–H and O–H groups in total. The number of ether oxygens (including phenoxy) is 1. The van der Waals surface area contributed by atoms with Gasteiger partial charge in [-0.25, -0.2) is 9.78 Å². The number of benzene rings is 2. The van der Waals surface area contributed by atoms with E-state index in [1.807, 2.05) is 47.0 Å². The number of nitrogens with zero attached hydrogens (tertiary/aromatic N) is 6. The third-order valence-electron chi connectivity index (χ3n) is 7.52. The minimum absolute atomic E-state index is 0.204. The number of hydrogen-bond acceptors (Lipinski definition) is 7. The number of amides is 1. The quantitative estimate of drug-likeness (QED) is 0.276. The van der Waals surface area contributed by atoms with Crippen LogP contribution in [-0.2, 0) is 14.3 Å². The molecule has 1 saturated heterocycles. The van der Waals surface area contributed by atoms with Gasteiger partial charge >= 0.3 is 5.97 Å². The molecule has 2 aromatic carbocycles. The highest BCUT2D eigenvalue weighted by Gasteiger charge is 2.42. The van der Waals surface area contributed by atoms with Crippen LogP contribution in [0, 0.1) is 0 Å². The fraction of sp³-hybridized carbons (Fsp3) is 0.429. The molecule has 0 radical (unpaired) electrons. The number of carboxylic acids is 1. The van der Waals surface area contributed by atoms with Gasteiger partial charge in [0.15, 0.2) is 0 Å². The summed E-state index contributed by atoms with van der Waals surface area (Å²) in [5.74, 6) is -0.709. The summed E-state index contributed by atoms with van der Waals surface area (Å²) in [5.41, 5.74) is 4.28. The Morgan fingerprint density at radius 2 is 1.97 bits per heavy atom. The maximum atomic E-state index is 13.9. The zero-order valence-corrected chi connectivity index (χ0v) is 22.2. The Hall–Kier alpha value is -4.12. The molecule has 0 bridgehead atoms. The number of rotatable bonds is 11. The van der Waals surface area contributed by atoms with Crippen LogP contribution in [0.25, 0.3) is 33.5 Å². The highest BCUT2D eigenvalue weighted by atomic mass is 16.5. The topological polar surface area (TPSA) is 139 Å². The second-order valence-electron chi connectivity index (χ2n) is 9.94. The van der Waals surface area contributed by atoms with Crippen molar-refractivity contribution >= 4 is 22.9 Å². The summed E-state index contributed by atoms with van der Waals surface area (Å²) >= 11 is 0. The first-order chi connectivity index (χ1) is 19.0. The van der Waals surface area contributed by atoms with Crippen molar-refractivity contribution in [1.82, 2.24) is 35.1 Å². The van der Waals surface area contributed by atoms with E-state index in [0.717, 1.165) is 53.4 Å². The normalized spacial score (nSPS) is 18.1. The number of imidazole rings is 1. The Morgan fingerprint density at radius 1 is 1.15 bits per heavy atom. The summed E-state index contributed by atoms with van der Waals surface area (Å²) in [4.78, 5) is 32.1. The summed E-state index contributed by atoms with van der Waals surface area (Å²) in [7, 11) is 1.55. The lowest BCUT2D eigenvalue weighted by molar-refractivity contribution is -0.149. The zero-order chi connectivity index (χ0) is 27.4. The van der Waals surface area contributed by atoms with Crippen LogP contribution in [0.1, 0.15) is 51.5 Å². The van der Waals surface area contributed by atoms with Gasteiger partial charge in [0.05, 0.1) is 23.5 Å². The highest BCUT2D eigenvalue weighted by Crippen LogP contribution is 2.33. The number of nitrogens with one attached hydrogen (secondary N) is 1. The van der Waals surface area contributed by atoms with Gasteiger partial charge in [-0.3, -0.25) is 4.79 Å². The number of methoxy groups -OCH3 is 1.